The molecule has 0 aliphatic rings. The summed E-state index contributed by atoms with van der Waals surface area (Å²) < 4.78 is 44.4. The van der Waals surface area contributed by atoms with E-state index in [0.29, 0.717) is 5.69 Å². The summed E-state index contributed by atoms with van der Waals surface area (Å²) in [6, 6.07) is 17.2. The minimum absolute atomic E-state index is 0.331. The summed E-state index contributed by atoms with van der Waals surface area (Å²) in [7, 11) is -3.62. The molecule has 4 aromatic rings. The van der Waals surface area contributed by atoms with Crippen LogP contribution in [0.3, 0.4) is 0 Å². The number of nitrogens with zero attached hydrogens (tertiary/aromatic N) is 2. The number of furan rings is 1. The van der Waals surface area contributed by atoms with Gasteiger partial charge in [-0.25, -0.2) is 17.5 Å². The first kappa shape index (κ1) is 17.2. The smallest absolute Gasteiger partial charge is 0.178 e. The summed E-state index contributed by atoms with van der Waals surface area (Å²) in [6.45, 7) is 0. The lowest BCUT2D eigenvalue weighted by atomic mass is 10.1. The second-order valence-corrected chi connectivity index (χ2v) is 8.05. The van der Waals surface area contributed by atoms with Gasteiger partial charge in [-0.05, 0) is 30.3 Å². The molecule has 7 heteroatoms. The number of hydrogen-bond donors (Lipinski definition) is 0. The van der Waals surface area contributed by atoms with E-state index in [-0.39, 0.29) is 4.90 Å². The van der Waals surface area contributed by atoms with Crippen molar-refractivity contribution in [1.29, 1.82) is 0 Å². The zero-order valence-corrected chi connectivity index (χ0v) is 15.2. The average molecular weight is 382 g/mol. The molecule has 0 aliphatic carbocycles. The third-order valence-electron chi connectivity index (χ3n) is 4.19. The van der Waals surface area contributed by atoms with Crippen LogP contribution in [0.25, 0.3) is 28.3 Å². The van der Waals surface area contributed by atoms with Crippen LogP contribution in [0.1, 0.15) is 0 Å². The van der Waals surface area contributed by atoms with Crippen LogP contribution < -0.4 is 0 Å². The van der Waals surface area contributed by atoms with Crippen LogP contribution >= 0.6 is 0 Å². The summed E-state index contributed by atoms with van der Waals surface area (Å²) >= 11 is 0. The van der Waals surface area contributed by atoms with Crippen molar-refractivity contribution in [2.75, 3.05) is 6.26 Å². The lowest BCUT2D eigenvalue weighted by Gasteiger charge is -2.10. The number of halogens is 1. The lowest BCUT2D eigenvalue weighted by molar-refractivity contribution is 0.569. The maximum Gasteiger partial charge on any atom is 0.178 e. The fourth-order valence-corrected chi connectivity index (χ4v) is 3.63. The van der Waals surface area contributed by atoms with Crippen molar-refractivity contribution in [3.05, 3.63) is 78.9 Å². The highest BCUT2D eigenvalue weighted by Crippen LogP contribution is 2.27. The van der Waals surface area contributed by atoms with E-state index >= 15 is 0 Å². The molecule has 4 rings (SSSR count). The maximum atomic E-state index is 14.3. The van der Waals surface area contributed by atoms with Gasteiger partial charge in [0, 0.05) is 23.4 Å². The van der Waals surface area contributed by atoms with Crippen LogP contribution in [-0.2, 0) is 9.84 Å². The maximum absolute atomic E-state index is 14.3. The topological polar surface area (TPSA) is 65.1 Å². The van der Waals surface area contributed by atoms with Crippen molar-refractivity contribution >= 4 is 9.84 Å². The Morgan fingerprint density at radius 3 is 2.37 bits per heavy atom. The number of benzene rings is 2. The normalized spacial score (nSPS) is 11.6. The Bertz CT molecular complexity index is 1190. The van der Waals surface area contributed by atoms with Gasteiger partial charge in [0.2, 0.25) is 0 Å². The largest absolute Gasteiger partial charge is 0.464 e. The fourth-order valence-electron chi connectivity index (χ4n) is 2.90. The van der Waals surface area contributed by atoms with E-state index in [0.717, 1.165) is 28.8 Å². The van der Waals surface area contributed by atoms with Crippen LogP contribution in [0.5, 0.6) is 0 Å². The van der Waals surface area contributed by atoms with Gasteiger partial charge in [-0.3, -0.25) is 0 Å². The first-order valence-electron chi connectivity index (χ1n) is 8.12. The van der Waals surface area contributed by atoms with Gasteiger partial charge in [0.15, 0.2) is 9.84 Å². The van der Waals surface area contributed by atoms with Crippen molar-refractivity contribution < 1.29 is 17.2 Å². The van der Waals surface area contributed by atoms with Gasteiger partial charge in [0.05, 0.1) is 23.8 Å². The van der Waals surface area contributed by atoms with Crippen LogP contribution in [0.2, 0.25) is 0 Å². The van der Waals surface area contributed by atoms with Crippen LogP contribution in [0.15, 0.2) is 82.4 Å². The van der Waals surface area contributed by atoms with Gasteiger partial charge in [0.1, 0.15) is 16.5 Å². The van der Waals surface area contributed by atoms with E-state index in [1.807, 2.05) is 42.5 Å². The minimum Gasteiger partial charge on any atom is -0.464 e. The summed E-state index contributed by atoms with van der Waals surface area (Å²) in [5.41, 5.74) is 3.02. The zero-order chi connectivity index (χ0) is 19.0. The number of rotatable bonds is 4. The molecular formula is C20H15FN2O3S. The van der Waals surface area contributed by atoms with E-state index in [1.165, 1.54) is 18.2 Å². The van der Waals surface area contributed by atoms with Crippen LogP contribution in [0, 0.1) is 5.82 Å². The van der Waals surface area contributed by atoms with Crippen molar-refractivity contribution in [1.82, 2.24) is 9.78 Å². The second kappa shape index (κ2) is 6.51. The quantitative estimate of drug-likeness (QED) is 0.527. The molecule has 0 saturated carbocycles. The van der Waals surface area contributed by atoms with E-state index in [1.54, 1.807) is 17.1 Å². The first-order chi connectivity index (χ1) is 12.9. The van der Waals surface area contributed by atoms with Gasteiger partial charge in [0.25, 0.3) is 0 Å². The van der Waals surface area contributed by atoms with E-state index in [4.69, 9.17) is 4.42 Å². The lowest BCUT2D eigenvalue weighted by Crippen LogP contribution is -2.04. The monoisotopic (exact) mass is 382 g/mol. The molecule has 2 aromatic carbocycles. The molecule has 5 nitrogen and oxygen atoms in total. The number of hydrogen-bond acceptors (Lipinski definition) is 4. The predicted molar refractivity (Wildman–Crippen MR) is 99.8 cm³/mol. The highest BCUT2D eigenvalue weighted by molar-refractivity contribution is 7.90. The average Bonchev–Trinajstić information content (AvgIpc) is 3.32. The van der Waals surface area contributed by atoms with Crippen molar-refractivity contribution in [3.63, 3.8) is 0 Å². The van der Waals surface area contributed by atoms with Gasteiger partial charge in [-0.1, -0.05) is 24.3 Å². The minimum atomic E-state index is -3.62. The highest BCUT2D eigenvalue weighted by Gasteiger charge is 2.16. The summed E-state index contributed by atoms with van der Waals surface area (Å²) in [4.78, 5) is -0.331. The SMILES string of the molecule is CS(=O)(=O)c1ccc(-n2nccc2-c2ccc(-c3ccco3)cc2)cc1F. The molecule has 136 valence electrons. The second-order valence-electron chi connectivity index (χ2n) is 6.07. The molecule has 0 spiro atoms. The first-order valence-corrected chi connectivity index (χ1v) is 10.0. The van der Waals surface area contributed by atoms with E-state index in [9.17, 15) is 12.8 Å². The predicted octanol–water partition coefficient (Wildman–Crippen LogP) is 4.34. The zero-order valence-electron chi connectivity index (χ0n) is 14.3. The molecule has 27 heavy (non-hydrogen) atoms. The van der Waals surface area contributed by atoms with Gasteiger partial charge in [-0.15, -0.1) is 0 Å². The van der Waals surface area contributed by atoms with Crippen molar-refractivity contribution in [3.8, 4) is 28.3 Å². The van der Waals surface area contributed by atoms with Crippen molar-refractivity contribution in [2.45, 2.75) is 4.90 Å². The van der Waals surface area contributed by atoms with Gasteiger partial charge in [-0.2, -0.15) is 5.10 Å². The molecule has 0 radical (unpaired) electrons. The standard InChI is InChI=1S/C20H15FN2O3S/c1-27(24,25)20-9-8-16(13-17(20)21)23-18(10-11-22-23)14-4-6-15(7-5-14)19-3-2-12-26-19/h2-13H,1H3. The summed E-state index contributed by atoms with van der Waals surface area (Å²) in [6.07, 6.45) is 4.20. The third-order valence-corrected chi connectivity index (χ3v) is 5.32. The highest BCUT2D eigenvalue weighted by atomic mass is 32.2. The number of sulfone groups is 1. The summed E-state index contributed by atoms with van der Waals surface area (Å²) in [5.74, 6) is -0.0295. The Kier molecular flexibility index (Phi) is 4.16. The number of aromatic nitrogens is 2. The van der Waals surface area contributed by atoms with Crippen molar-refractivity contribution in [2.24, 2.45) is 0 Å². The van der Waals surface area contributed by atoms with Gasteiger partial charge >= 0.3 is 0 Å². The Labute approximate surface area is 155 Å². The molecular weight excluding hydrogens is 367 g/mol. The van der Waals surface area contributed by atoms with E-state index < -0.39 is 15.7 Å². The Balaban J connectivity index is 1.72. The third kappa shape index (κ3) is 3.29. The molecule has 0 fully saturated rings. The van der Waals surface area contributed by atoms with Gasteiger partial charge < -0.3 is 4.42 Å². The Morgan fingerprint density at radius 2 is 1.74 bits per heavy atom. The molecule has 2 aromatic heterocycles. The Hall–Kier alpha value is -3.19. The van der Waals surface area contributed by atoms with E-state index in [2.05, 4.69) is 5.10 Å². The molecule has 0 amide bonds. The molecule has 2 heterocycles. The van der Waals surface area contributed by atoms with Crippen LogP contribution in [0.4, 0.5) is 4.39 Å². The molecule has 0 N–H and O–H groups in total. The molecule has 0 saturated heterocycles. The molecule has 0 bridgehead atoms. The fraction of sp³-hybridized carbons (Fsp3) is 0.0500. The Morgan fingerprint density at radius 1 is 1.00 bits per heavy atom. The molecule has 0 unspecified atom stereocenters. The molecule has 0 atom stereocenters. The van der Waals surface area contributed by atoms with Crippen LogP contribution in [-0.4, -0.2) is 24.5 Å². The molecule has 0 aliphatic heterocycles. The summed E-state index contributed by atoms with van der Waals surface area (Å²) in [5, 5.41) is 4.25.